The van der Waals surface area contributed by atoms with Crippen molar-refractivity contribution in [3.05, 3.63) is 12.2 Å². The van der Waals surface area contributed by atoms with Gasteiger partial charge in [-0.3, -0.25) is 0 Å². The maximum absolute atomic E-state index is 10.2. The summed E-state index contributed by atoms with van der Waals surface area (Å²) in [7, 11) is 0. The molecule has 1 heterocycles. The van der Waals surface area contributed by atoms with Crippen molar-refractivity contribution in [3.63, 3.8) is 0 Å². The van der Waals surface area contributed by atoms with E-state index in [-0.39, 0.29) is 0 Å². The summed E-state index contributed by atoms with van der Waals surface area (Å²) in [5.74, 6) is 0.459. The number of rotatable bonds is 1. The molecule has 0 aromatic rings. The summed E-state index contributed by atoms with van der Waals surface area (Å²) in [5, 5.41) is 8.42. The Balaban J connectivity index is 2.24. The van der Waals surface area contributed by atoms with E-state index in [1.807, 2.05) is 19.1 Å². The molecule has 0 atom stereocenters. The standard InChI is InChI=1S/C7H11NO2/c1-2-3-6-4-8(5-6)7(9)10/h2-3,6H,4-5H2,1H3,(H,9,10). The summed E-state index contributed by atoms with van der Waals surface area (Å²) < 4.78 is 0. The van der Waals surface area contributed by atoms with Crippen LogP contribution < -0.4 is 0 Å². The Labute approximate surface area is 59.9 Å². The zero-order valence-corrected chi connectivity index (χ0v) is 5.95. The summed E-state index contributed by atoms with van der Waals surface area (Å²) in [4.78, 5) is 11.6. The zero-order chi connectivity index (χ0) is 7.56. The minimum Gasteiger partial charge on any atom is -0.465 e. The van der Waals surface area contributed by atoms with E-state index >= 15 is 0 Å². The molecule has 0 spiro atoms. The lowest BCUT2D eigenvalue weighted by atomic mass is 10.0. The molecule has 1 aliphatic heterocycles. The molecule has 1 amide bonds. The molecule has 56 valence electrons. The van der Waals surface area contributed by atoms with Crippen molar-refractivity contribution >= 4 is 6.09 Å². The number of likely N-dealkylation sites (tertiary alicyclic amines) is 1. The quantitative estimate of drug-likeness (QED) is 0.557. The third-order valence-electron chi connectivity index (χ3n) is 1.64. The first-order chi connectivity index (χ1) is 4.74. The van der Waals surface area contributed by atoms with Gasteiger partial charge in [0.15, 0.2) is 0 Å². The molecule has 0 aromatic carbocycles. The first-order valence-corrected chi connectivity index (χ1v) is 3.34. The molecule has 1 saturated heterocycles. The van der Waals surface area contributed by atoms with Crippen LogP contribution in [0.2, 0.25) is 0 Å². The number of carbonyl (C=O) groups is 1. The summed E-state index contributed by atoms with van der Waals surface area (Å²) >= 11 is 0. The minimum atomic E-state index is -0.805. The fourth-order valence-corrected chi connectivity index (χ4v) is 1.06. The van der Waals surface area contributed by atoms with Gasteiger partial charge >= 0.3 is 6.09 Å². The summed E-state index contributed by atoms with van der Waals surface area (Å²) in [5.41, 5.74) is 0. The second-order valence-corrected chi connectivity index (χ2v) is 2.47. The highest BCUT2D eigenvalue weighted by molar-refractivity contribution is 5.66. The van der Waals surface area contributed by atoms with E-state index in [2.05, 4.69) is 0 Å². The molecule has 0 aliphatic carbocycles. The van der Waals surface area contributed by atoms with Crippen LogP contribution in [0.15, 0.2) is 12.2 Å². The molecule has 0 aromatic heterocycles. The van der Waals surface area contributed by atoms with Crippen LogP contribution in [0.3, 0.4) is 0 Å². The number of allylic oxidation sites excluding steroid dienone is 1. The van der Waals surface area contributed by atoms with E-state index in [4.69, 9.17) is 5.11 Å². The summed E-state index contributed by atoms with van der Waals surface area (Å²) in [6.45, 7) is 3.28. The van der Waals surface area contributed by atoms with Gasteiger partial charge in [0.25, 0.3) is 0 Å². The van der Waals surface area contributed by atoms with Gasteiger partial charge in [-0.15, -0.1) is 0 Å². The molecule has 3 heteroatoms. The molecule has 3 nitrogen and oxygen atoms in total. The third-order valence-corrected chi connectivity index (χ3v) is 1.64. The van der Waals surface area contributed by atoms with Gasteiger partial charge in [0.1, 0.15) is 0 Å². The molecule has 0 bridgehead atoms. The van der Waals surface area contributed by atoms with Crippen LogP contribution in [0.4, 0.5) is 4.79 Å². The number of carboxylic acid groups (broad SMARTS) is 1. The fourth-order valence-electron chi connectivity index (χ4n) is 1.06. The topological polar surface area (TPSA) is 40.5 Å². The Morgan fingerprint density at radius 1 is 1.70 bits per heavy atom. The maximum atomic E-state index is 10.2. The van der Waals surface area contributed by atoms with Gasteiger partial charge in [-0.05, 0) is 6.92 Å². The molecule has 1 aliphatic rings. The van der Waals surface area contributed by atoms with Crippen LogP contribution in [-0.4, -0.2) is 29.2 Å². The van der Waals surface area contributed by atoms with Crippen molar-refractivity contribution in [1.29, 1.82) is 0 Å². The van der Waals surface area contributed by atoms with Crippen molar-refractivity contribution in [2.75, 3.05) is 13.1 Å². The Bertz CT molecular complexity index is 159. The smallest absolute Gasteiger partial charge is 0.407 e. The molecule has 0 unspecified atom stereocenters. The highest BCUT2D eigenvalue weighted by atomic mass is 16.4. The van der Waals surface area contributed by atoms with Gasteiger partial charge in [0, 0.05) is 19.0 Å². The highest BCUT2D eigenvalue weighted by Gasteiger charge is 2.27. The Morgan fingerprint density at radius 2 is 2.30 bits per heavy atom. The monoisotopic (exact) mass is 141 g/mol. The van der Waals surface area contributed by atoms with E-state index in [1.165, 1.54) is 4.90 Å². The lowest BCUT2D eigenvalue weighted by Crippen LogP contribution is -2.48. The number of nitrogens with zero attached hydrogens (tertiary/aromatic N) is 1. The number of hydrogen-bond donors (Lipinski definition) is 1. The van der Waals surface area contributed by atoms with Gasteiger partial charge in [-0.25, -0.2) is 4.79 Å². The SMILES string of the molecule is CC=CC1CN(C(=O)O)C1. The zero-order valence-electron chi connectivity index (χ0n) is 5.95. The lowest BCUT2D eigenvalue weighted by molar-refractivity contribution is 0.0973. The summed E-state index contributed by atoms with van der Waals surface area (Å²) in [6.07, 6.45) is 3.20. The Morgan fingerprint density at radius 3 is 2.70 bits per heavy atom. The lowest BCUT2D eigenvalue weighted by Gasteiger charge is -2.35. The van der Waals surface area contributed by atoms with Crippen molar-refractivity contribution in [1.82, 2.24) is 4.90 Å². The van der Waals surface area contributed by atoms with E-state index in [9.17, 15) is 4.79 Å². The van der Waals surface area contributed by atoms with Crippen LogP contribution in [0, 0.1) is 5.92 Å². The van der Waals surface area contributed by atoms with Crippen molar-refractivity contribution in [2.24, 2.45) is 5.92 Å². The van der Waals surface area contributed by atoms with E-state index in [1.54, 1.807) is 0 Å². The molecule has 1 rings (SSSR count). The first-order valence-electron chi connectivity index (χ1n) is 3.34. The van der Waals surface area contributed by atoms with Gasteiger partial charge in [0.2, 0.25) is 0 Å². The van der Waals surface area contributed by atoms with Crippen LogP contribution in [-0.2, 0) is 0 Å². The molecule has 0 radical (unpaired) electrons. The fraction of sp³-hybridized carbons (Fsp3) is 0.571. The van der Waals surface area contributed by atoms with Gasteiger partial charge in [-0.2, -0.15) is 0 Å². The average molecular weight is 141 g/mol. The normalized spacial score (nSPS) is 19.5. The third kappa shape index (κ3) is 1.29. The average Bonchev–Trinajstić information content (AvgIpc) is 1.76. The van der Waals surface area contributed by atoms with Crippen LogP contribution in [0.25, 0.3) is 0 Å². The molecular weight excluding hydrogens is 130 g/mol. The van der Waals surface area contributed by atoms with Crippen LogP contribution in [0.5, 0.6) is 0 Å². The number of amides is 1. The minimum absolute atomic E-state index is 0.459. The summed E-state index contributed by atoms with van der Waals surface area (Å²) in [6, 6.07) is 0. The Hall–Kier alpha value is -0.990. The van der Waals surface area contributed by atoms with Crippen molar-refractivity contribution in [3.8, 4) is 0 Å². The van der Waals surface area contributed by atoms with E-state index < -0.39 is 6.09 Å². The molecule has 10 heavy (non-hydrogen) atoms. The molecule has 1 N–H and O–H groups in total. The van der Waals surface area contributed by atoms with Gasteiger partial charge in [-0.1, -0.05) is 12.2 Å². The highest BCUT2D eigenvalue weighted by Crippen LogP contribution is 2.15. The van der Waals surface area contributed by atoms with Crippen LogP contribution >= 0.6 is 0 Å². The number of hydrogen-bond acceptors (Lipinski definition) is 1. The predicted octanol–water partition coefficient (Wildman–Crippen LogP) is 1.17. The molecule has 0 saturated carbocycles. The maximum Gasteiger partial charge on any atom is 0.407 e. The second-order valence-electron chi connectivity index (χ2n) is 2.47. The largest absolute Gasteiger partial charge is 0.465 e. The predicted molar refractivity (Wildman–Crippen MR) is 37.9 cm³/mol. The second kappa shape index (κ2) is 2.73. The first kappa shape index (κ1) is 7.12. The van der Waals surface area contributed by atoms with E-state index in [0.717, 1.165) is 0 Å². The van der Waals surface area contributed by atoms with Crippen molar-refractivity contribution in [2.45, 2.75) is 6.92 Å². The van der Waals surface area contributed by atoms with Gasteiger partial charge in [0.05, 0.1) is 0 Å². The Kier molecular flexibility index (Phi) is 1.94. The molecular formula is C7H11NO2. The van der Waals surface area contributed by atoms with E-state index in [0.29, 0.717) is 19.0 Å². The molecule has 1 fully saturated rings. The van der Waals surface area contributed by atoms with Crippen LogP contribution in [0.1, 0.15) is 6.92 Å². The van der Waals surface area contributed by atoms with Crippen molar-refractivity contribution < 1.29 is 9.90 Å². The van der Waals surface area contributed by atoms with Gasteiger partial charge < -0.3 is 10.0 Å².